The molecule has 1 N–H and O–H groups in total. The molecule has 1 amide bonds. The van der Waals surface area contributed by atoms with Crippen molar-refractivity contribution in [2.24, 2.45) is 5.92 Å². The third-order valence-corrected chi connectivity index (χ3v) is 3.89. The molecule has 2 aromatic carbocycles. The van der Waals surface area contributed by atoms with Gasteiger partial charge in [-0.2, -0.15) is 0 Å². The molecule has 2 rings (SSSR count). The van der Waals surface area contributed by atoms with Gasteiger partial charge in [0.1, 0.15) is 5.75 Å². The monoisotopic (exact) mass is 311 g/mol. The van der Waals surface area contributed by atoms with Crippen molar-refractivity contribution in [3.05, 3.63) is 65.7 Å². The minimum absolute atomic E-state index is 0.0906. The van der Waals surface area contributed by atoms with Crippen LogP contribution in [0.25, 0.3) is 0 Å². The van der Waals surface area contributed by atoms with Crippen molar-refractivity contribution in [1.29, 1.82) is 0 Å². The largest absolute Gasteiger partial charge is 0.496 e. The molecule has 0 unspecified atom stereocenters. The number of benzene rings is 2. The van der Waals surface area contributed by atoms with Crippen molar-refractivity contribution < 1.29 is 9.53 Å². The summed E-state index contributed by atoms with van der Waals surface area (Å²) in [5, 5.41) is 3.06. The predicted octanol–water partition coefficient (Wildman–Crippen LogP) is 4.25. The fourth-order valence-electron chi connectivity index (χ4n) is 2.77. The van der Waals surface area contributed by atoms with Crippen molar-refractivity contribution >= 4 is 5.91 Å². The molecule has 23 heavy (non-hydrogen) atoms. The van der Waals surface area contributed by atoms with Crippen LogP contribution < -0.4 is 10.1 Å². The van der Waals surface area contributed by atoms with E-state index in [1.54, 1.807) is 19.2 Å². The summed E-state index contributed by atoms with van der Waals surface area (Å²) in [6.45, 7) is 5.04. The molecule has 0 spiro atoms. The summed E-state index contributed by atoms with van der Waals surface area (Å²) >= 11 is 0. The zero-order valence-corrected chi connectivity index (χ0v) is 14.1. The van der Waals surface area contributed by atoms with Crippen LogP contribution in [-0.2, 0) is 0 Å². The first-order chi connectivity index (χ1) is 11.1. The van der Waals surface area contributed by atoms with Gasteiger partial charge in [0.2, 0.25) is 0 Å². The number of methoxy groups -OCH3 is 1. The molecule has 0 aromatic heterocycles. The highest BCUT2D eigenvalue weighted by molar-refractivity contribution is 5.96. The first-order valence-corrected chi connectivity index (χ1v) is 8.08. The summed E-state index contributed by atoms with van der Waals surface area (Å²) in [6, 6.07) is 17.7. The molecule has 0 aliphatic heterocycles. The van der Waals surface area contributed by atoms with E-state index in [1.165, 1.54) is 5.56 Å². The van der Waals surface area contributed by atoms with Crippen molar-refractivity contribution in [3.63, 3.8) is 0 Å². The molecule has 2 aromatic rings. The molecule has 3 nitrogen and oxygen atoms in total. The summed E-state index contributed by atoms with van der Waals surface area (Å²) in [5.74, 6) is 1.40. The quantitative estimate of drug-likeness (QED) is 0.830. The van der Waals surface area contributed by atoms with Gasteiger partial charge in [0.15, 0.2) is 0 Å². The Hall–Kier alpha value is -2.29. The molecule has 0 radical (unpaired) electrons. The van der Waals surface area contributed by atoms with E-state index in [2.05, 4.69) is 31.3 Å². The second-order valence-corrected chi connectivity index (χ2v) is 6.15. The highest BCUT2D eigenvalue weighted by atomic mass is 16.5. The number of hydrogen-bond acceptors (Lipinski definition) is 2. The van der Waals surface area contributed by atoms with Crippen LogP contribution in [0, 0.1) is 5.92 Å². The van der Waals surface area contributed by atoms with Crippen molar-refractivity contribution in [1.82, 2.24) is 5.32 Å². The predicted molar refractivity (Wildman–Crippen MR) is 94.0 cm³/mol. The highest BCUT2D eigenvalue weighted by Gasteiger charge is 2.16. The van der Waals surface area contributed by atoms with E-state index in [9.17, 15) is 4.79 Å². The Morgan fingerprint density at radius 2 is 1.70 bits per heavy atom. The van der Waals surface area contributed by atoms with E-state index in [4.69, 9.17) is 4.74 Å². The molecular weight excluding hydrogens is 286 g/mol. The number of ether oxygens (including phenoxy) is 1. The smallest absolute Gasteiger partial charge is 0.255 e. The van der Waals surface area contributed by atoms with E-state index in [0.29, 0.717) is 29.7 Å². The SMILES string of the molecule is COc1ccccc1C(=O)NC[C@@H](CC(C)C)c1ccccc1. The van der Waals surface area contributed by atoms with Crippen LogP contribution in [0.1, 0.15) is 42.1 Å². The van der Waals surface area contributed by atoms with Gasteiger partial charge in [0, 0.05) is 12.5 Å². The highest BCUT2D eigenvalue weighted by Crippen LogP contribution is 2.23. The van der Waals surface area contributed by atoms with Crippen LogP contribution in [-0.4, -0.2) is 19.6 Å². The third-order valence-electron chi connectivity index (χ3n) is 3.89. The standard InChI is InChI=1S/C20H25NO2/c1-15(2)13-17(16-9-5-4-6-10-16)14-21-20(22)18-11-7-8-12-19(18)23-3/h4-12,15,17H,13-14H2,1-3H3,(H,21,22)/t17-/m1/s1. The Morgan fingerprint density at radius 3 is 2.35 bits per heavy atom. The van der Waals surface area contributed by atoms with Gasteiger partial charge in [0.05, 0.1) is 12.7 Å². The Kier molecular flexibility index (Phi) is 6.21. The number of nitrogens with one attached hydrogen (secondary N) is 1. The van der Waals surface area contributed by atoms with E-state index >= 15 is 0 Å². The molecule has 1 atom stereocenters. The Bertz CT molecular complexity index is 623. The van der Waals surface area contributed by atoms with E-state index in [0.717, 1.165) is 6.42 Å². The molecule has 0 heterocycles. The fraction of sp³-hybridized carbons (Fsp3) is 0.350. The summed E-state index contributed by atoms with van der Waals surface area (Å²) in [7, 11) is 1.58. The summed E-state index contributed by atoms with van der Waals surface area (Å²) in [5.41, 5.74) is 1.84. The van der Waals surface area contributed by atoms with Crippen LogP contribution in [0.3, 0.4) is 0 Å². The summed E-state index contributed by atoms with van der Waals surface area (Å²) < 4.78 is 5.26. The zero-order chi connectivity index (χ0) is 16.7. The normalized spacial score (nSPS) is 12.0. The minimum Gasteiger partial charge on any atom is -0.496 e. The average Bonchev–Trinajstić information content (AvgIpc) is 2.58. The molecule has 0 saturated carbocycles. The summed E-state index contributed by atoms with van der Waals surface area (Å²) in [6.07, 6.45) is 1.04. The molecule has 0 bridgehead atoms. The second kappa shape index (κ2) is 8.37. The topological polar surface area (TPSA) is 38.3 Å². The molecular formula is C20H25NO2. The summed E-state index contributed by atoms with van der Waals surface area (Å²) in [4.78, 5) is 12.5. The fourth-order valence-corrected chi connectivity index (χ4v) is 2.77. The van der Waals surface area contributed by atoms with Gasteiger partial charge in [-0.05, 0) is 30.0 Å². The zero-order valence-electron chi connectivity index (χ0n) is 14.1. The number of para-hydroxylation sites is 1. The first kappa shape index (κ1) is 17.1. The van der Waals surface area contributed by atoms with Gasteiger partial charge >= 0.3 is 0 Å². The molecule has 0 aliphatic carbocycles. The van der Waals surface area contributed by atoms with Crippen LogP contribution in [0.2, 0.25) is 0 Å². The first-order valence-electron chi connectivity index (χ1n) is 8.08. The number of hydrogen-bond donors (Lipinski definition) is 1. The lowest BCUT2D eigenvalue weighted by Gasteiger charge is -2.20. The Morgan fingerprint density at radius 1 is 1.04 bits per heavy atom. The van der Waals surface area contributed by atoms with Gasteiger partial charge in [-0.3, -0.25) is 4.79 Å². The van der Waals surface area contributed by atoms with Gasteiger partial charge in [-0.15, -0.1) is 0 Å². The third kappa shape index (κ3) is 4.85. The minimum atomic E-state index is -0.0906. The number of carbonyl (C=O) groups is 1. The molecule has 0 fully saturated rings. The van der Waals surface area contributed by atoms with Gasteiger partial charge in [-0.25, -0.2) is 0 Å². The molecule has 0 aliphatic rings. The van der Waals surface area contributed by atoms with E-state index in [1.807, 2.05) is 30.3 Å². The van der Waals surface area contributed by atoms with Crippen molar-refractivity contribution in [2.45, 2.75) is 26.2 Å². The van der Waals surface area contributed by atoms with Crippen LogP contribution in [0.5, 0.6) is 5.75 Å². The van der Waals surface area contributed by atoms with Crippen LogP contribution >= 0.6 is 0 Å². The van der Waals surface area contributed by atoms with E-state index < -0.39 is 0 Å². The van der Waals surface area contributed by atoms with Crippen LogP contribution in [0.4, 0.5) is 0 Å². The van der Waals surface area contributed by atoms with Crippen molar-refractivity contribution in [2.75, 3.05) is 13.7 Å². The maximum absolute atomic E-state index is 12.5. The average molecular weight is 311 g/mol. The Balaban J connectivity index is 2.07. The van der Waals surface area contributed by atoms with E-state index in [-0.39, 0.29) is 5.91 Å². The molecule has 122 valence electrons. The Labute approximate surface area is 138 Å². The maximum Gasteiger partial charge on any atom is 0.255 e. The molecule has 0 saturated heterocycles. The number of rotatable bonds is 7. The lowest BCUT2D eigenvalue weighted by Crippen LogP contribution is -2.29. The van der Waals surface area contributed by atoms with Gasteiger partial charge in [0.25, 0.3) is 5.91 Å². The number of carbonyl (C=O) groups excluding carboxylic acids is 1. The van der Waals surface area contributed by atoms with Crippen LogP contribution in [0.15, 0.2) is 54.6 Å². The molecule has 3 heteroatoms. The van der Waals surface area contributed by atoms with Gasteiger partial charge in [-0.1, -0.05) is 56.3 Å². The van der Waals surface area contributed by atoms with Crippen molar-refractivity contribution in [3.8, 4) is 5.75 Å². The van der Waals surface area contributed by atoms with Gasteiger partial charge < -0.3 is 10.1 Å². The lowest BCUT2D eigenvalue weighted by molar-refractivity contribution is 0.0947. The second-order valence-electron chi connectivity index (χ2n) is 6.15. The maximum atomic E-state index is 12.5. The number of amides is 1. The lowest BCUT2D eigenvalue weighted by atomic mass is 9.90.